The van der Waals surface area contributed by atoms with E-state index in [0.29, 0.717) is 25.9 Å². The zero-order valence-electron chi connectivity index (χ0n) is 43.9. The fourth-order valence-electron chi connectivity index (χ4n) is 7.92. The Bertz CT molecular complexity index is 1700. The number of rotatable bonds is 31. The first kappa shape index (κ1) is 61.2. The number of hydrogen-bond donors (Lipinski definition) is 8. The molecule has 3 atom stereocenters. The molecule has 68 heavy (non-hydrogen) atoms. The Hall–Kier alpha value is -4.85. The minimum absolute atomic E-state index is 0.0502. The topological polar surface area (TPSA) is 260 Å². The highest BCUT2D eigenvalue weighted by molar-refractivity contribution is 5.99. The minimum atomic E-state index is -1.54. The van der Waals surface area contributed by atoms with Gasteiger partial charge >= 0.3 is 0 Å². The summed E-state index contributed by atoms with van der Waals surface area (Å²) in [6.07, 6.45) is 8.28. The second kappa shape index (κ2) is 29.2. The van der Waals surface area contributed by atoms with Gasteiger partial charge in [-0.05, 0) is 115 Å². The average molecular weight is 964 g/mol. The van der Waals surface area contributed by atoms with Gasteiger partial charge in [0.05, 0.1) is 19.1 Å². The molecule has 1 saturated heterocycles. The lowest BCUT2D eigenvalue weighted by molar-refractivity contribution is -0.148. The maximum atomic E-state index is 13.8. The number of carbonyl (C=O) groups excluding carboxylic acids is 9. The van der Waals surface area contributed by atoms with Crippen LogP contribution >= 0.6 is 0 Å². The maximum Gasteiger partial charge on any atom is 0.246 e. The van der Waals surface area contributed by atoms with Gasteiger partial charge in [-0.25, -0.2) is 0 Å². The predicted molar refractivity (Wildman–Crippen MR) is 263 cm³/mol. The smallest absolute Gasteiger partial charge is 0.246 e. The molecule has 0 radical (unpaired) electrons. The molecule has 1 fully saturated rings. The lowest BCUT2D eigenvalue weighted by Gasteiger charge is -2.40. The second-order valence-electron chi connectivity index (χ2n) is 20.7. The van der Waals surface area contributed by atoms with E-state index >= 15 is 0 Å². The van der Waals surface area contributed by atoms with Crippen LogP contribution in [-0.2, 0) is 43.2 Å². The largest absolute Gasteiger partial charge is 0.355 e. The first-order chi connectivity index (χ1) is 31.6. The summed E-state index contributed by atoms with van der Waals surface area (Å²) < 4.78 is 0. The van der Waals surface area contributed by atoms with Gasteiger partial charge < -0.3 is 52.3 Å². The van der Waals surface area contributed by atoms with E-state index < -0.39 is 89.2 Å². The number of carbonyl (C=O) groups is 9. The molecule has 1 aliphatic rings. The number of likely N-dealkylation sites (tertiary alicyclic amines) is 1. The summed E-state index contributed by atoms with van der Waals surface area (Å²) in [7, 11) is 5.66. The van der Waals surface area contributed by atoms with Gasteiger partial charge in [-0.15, -0.1) is 0 Å². The van der Waals surface area contributed by atoms with Crippen molar-refractivity contribution in [3.63, 3.8) is 0 Å². The normalized spacial score (nSPS) is 15.3. The lowest BCUT2D eigenvalue weighted by atomic mass is 9.97. The molecule has 9 amide bonds. The Balaban J connectivity index is 2.93. The number of amides is 9. The van der Waals surface area contributed by atoms with Gasteiger partial charge in [0.15, 0.2) is 0 Å². The van der Waals surface area contributed by atoms with Gasteiger partial charge in [0.2, 0.25) is 53.2 Å². The van der Waals surface area contributed by atoms with Crippen LogP contribution in [0.3, 0.4) is 0 Å². The molecule has 0 aromatic rings. The quantitative estimate of drug-likeness (QED) is 0.0456. The number of unbranched alkanes of at least 4 members (excludes halogenated alkanes) is 5. The number of likely N-dealkylation sites (N-methyl/N-ethyl adjacent to an activating group) is 2. The molecule has 1 rings (SSSR count). The van der Waals surface area contributed by atoms with Crippen molar-refractivity contribution in [2.24, 2.45) is 5.92 Å². The Kier molecular flexibility index (Phi) is 26.3. The molecule has 390 valence electrons. The third-order valence-corrected chi connectivity index (χ3v) is 11.9. The zero-order chi connectivity index (χ0) is 52.0. The van der Waals surface area contributed by atoms with Crippen molar-refractivity contribution in [3.8, 4) is 0 Å². The Morgan fingerprint density at radius 2 is 1.28 bits per heavy atom. The van der Waals surface area contributed by atoms with Gasteiger partial charge in [0, 0.05) is 32.1 Å². The fraction of sp³-hybridized carbons (Fsp3) is 0.812. The molecule has 0 aromatic heterocycles. The molecule has 1 heterocycles. The van der Waals surface area contributed by atoms with Gasteiger partial charge in [-0.1, -0.05) is 59.3 Å². The first-order valence-corrected chi connectivity index (χ1v) is 24.6. The van der Waals surface area contributed by atoms with E-state index in [2.05, 4.69) is 49.5 Å². The van der Waals surface area contributed by atoms with Crippen LogP contribution in [0.2, 0.25) is 0 Å². The number of nitrogens with one attached hydrogen (secondary N) is 8. The van der Waals surface area contributed by atoms with Crippen molar-refractivity contribution in [1.82, 2.24) is 57.2 Å². The standard InChI is InChI=1S/C48H89N11O9/c1-15-16-17-18-19-20-22-34(54-42(65)36-23-21-27-58(36)14)40(63)51-31-39(62)59(33(4)5)48(10,11)45(68)52-30-38(61)53-35(29-32(2)3)41(64)55-47(8,9)44(67)56-46(6,7)43(66)50-25-24-37(60)49-26-28-57(12)13/h32-36H,15-31H2,1-14H3,(H,49,60)(H,50,66)(H,51,63)(H,52,68)(H,53,61)(H,54,65)(H,55,64)(H,56,67). The average Bonchev–Trinajstić information content (AvgIpc) is 3.67. The number of nitrogens with zero attached hydrogens (tertiary/aromatic N) is 3. The van der Waals surface area contributed by atoms with Crippen LogP contribution in [0.25, 0.3) is 0 Å². The van der Waals surface area contributed by atoms with E-state index in [4.69, 9.17) is 0 Å². The van der Waals surface area contributed by atoms with Crippen LogP contribution in [0.1, 0.15) is 147 Å². The molecular formula is C48H89N11O9. The van der Waals surface area contributed by atoms with Gasteiger partial charge in [-0.2, -0.15) is 0 Å². The van der Waals surface area contributed by atoms with E-state index in [0.717, 1.165) is 51.5 Å². The third-order valence-electron chi connectivity index (χ3n) is 11.9. The summed E-state index contributed by atoms with van der Waals surface area (Å²) in [4.78, 5) is 125. The first-order valence-electron chi connectivity index (χ1n) is 24.6. The molecule has 0 saturated carbocycles. The molecule has 0 aliphatic carbocycles. The van der Waals surface area contributed by atoms with Gasteiger partial charge in [-0.3, -0.25) is 48.1 Å². The van der Waals surface area contributed by atoms with Crippen molar-refractivity contribution in [2.75, 3.05) is 60.4 Å². The Morgan fingerprint density at radius 1 is 0.662 bits per heavy atom. The highest BCUT2D eigenvalue weighted by Gasteiger charge is 2.41. The summed E-state index contributed by atoms with van der Waals surface area (Å²) in [5, 5.41) is 21.6. The zero-order valence-corrected chi connectivity index (χ0v) is 43.9. The van der Waals surface area contributed by atoms with Gasteiger partial charge in [0.25, 0.3) is 0 Å². The molecule has 3 unspecified atom stereocenters. The Morgan fingerprint density at radius 3 is 1.85 bits per heavy atom. The molecule has 0 bridgehead atoms. The molecule has 8 N–H and O–H groups in total. The van der Waals surface area contributed by atoms with Crippen LogP contribution in [0, 0.1) is 5.92 Å². The van der Waals surface area contributed by atoms with Crippen molar-refractivity contribution >= 4 is 53.2 Å². The molecule has 1 aliphatic heterocycles. The molecule has 20 heteroatoms. The third kappa shape index (κ3) is 21.6. The minimum Gasteiger partial charge on any atom is -0.355 e. The summed E-state index contributed by atoms with van der Waals surface area (Å²) >= 11 is 0. The van der Waals surface area contributed by atoms with Crippen LogP contribution < -0.4 is 42.5 Å². The molecule has 0 aromatic carbocycles. The molecule has 20 nitrogen and oxygen atoms in total. The van der Waals surface area contributed by atoms with Gasteiger partial charge in [0.1, 0.15) is 28.7 Å². The van der Waals surface area contributed by atoms with Crippen LogP contribution in [0.4, 0.5) is 0 Å². The Labute approximate surface area is 406 Å². The summed E-state index contributed by atoms with van der Waals surface area (Å²) in [5.74, 6) is -4.77. The summed E-state index contributed by atoms with van der Waals surface area (Å²) in [6, 6.07) is -2.76. The molecular weight excluding hydrogens is 875 g/mol. The van der Waals surface area contributed by atoms with Crippen LogP contribution in [0.5, 0.6) is 0 Å². The van der Waals surface area contributed by atoms with Crippen LogP contribution in [-0.4, -0.2) is 169 Å². The second-order valence-corrected chi connectivity index (χ2v) is 20.7. The highest BCUT2D eigenvalue weighted by Crippen LogP contribution is 2.20. The highest BCUT2D eigenvalue weighted by atomic mass is 16.2. The predicted octanol–water partition coefficient (Wildman–Crippen LogP) is 1.07. The van der Waals surface area contributed by atoms with Crippen molar-refractivity contribution in [3.05, 3.63) is 0 Å². The number of hydrogen-bond acceptors (Lipinski definition) is 11. The van der Waals surface area contributed by atoms with Crippen molar-refractivity contribution in [1.29, 1.82) is 0 Å². The van der Waals surface area contributed by atoms with E-state index in [1.54, 1.807) is 13.8 Å². The lowest BCUT2D eigenvalue weighted by Crippen LogP contribution is -2.64. The van der Waals surface area contributed by atoms with Crippen molar-refractivity contribution < 1.29 is 43.2 Å². The van der Waals surface area contributed by atoms with E-state index in [-0.39, 0.29) is 43.2 Å². The van der Waals surface area contributed by atoms with Crippen LogP contribution in [0.15, 0.2) is 0 Å². The van der Waals surface area contributed by atoms with Crippen molar-refractivity contribution in [2.45, 2.75) is 188 Å². The SMILES string of the molecule is CCCCCCCCC(NC(=O)C1CCCN1C)C(=O)NCC(=O)N(C(C)C)C(C)(C)C(=O)NCC(=O)NC(CC(C)C)C(=O)NC(C)(C)C(=O)NC(C)(C)C(=O)NCCC(=O)NCCN(C)C. The fourth-order valence-corrected chi connectivity index (χ4v) is 7.92. The monoisotopic (exact) mass is 964 g/mol. The maximum absolute atomic E-state index is 13.8. The van der Waals surface area contributed by atoms with E-state index in [1.807, 2.05) is 44.8 Å². The summed E-state index contributed by atoms with van der Waals surface area (Å²) in [5.41, 5.74) is -4.45. The summed E-state index contributed by atoms with van der Waals surface area (Å²) in [6.45, 7) is 19.3. The molecule has 0 spiro atoms. The van der Waals surface area contributed by atoms with E-state index in [1.165, 1.54) is 46.4 Å². The van der Waals surface area contributed by atoms with E-state index in [9.17, 15) is 43.2 Å².